The zero-order valence-corrected chi connectivity index (χ0v) is 16.7. The Hall–Kier alpha value is -2.78. The number of aromatic nitrogens is 4. The van der Waals surface area contributed by atoms with Crippen LogP contribution in [0.25, 0.3) is 5.82 Å². The molecule has 1 aliphatic rings. The van der Waals surface area contributed by atoms with E-state index in [0.717, 1.165) is 17.1 Å². The normalized spacial score (nSPS) is 15.7. The van der Waals surface area contributed by atoms with Crippen LogP contribution in [0.3, 0.4) is 0 Å². The first kappa shape index (κ1) is 18.6. The van der Waals surface area contributed by atoms with E-state index in [9.17, 15) is 8.42 Å². The molecule has 1 aliphatic heterocycles. The third-order valence-electron chi connectivity index (χ3n) is 4.78. The first-order valence-corrected chi connectivity index (χ1v) is 10.6. The molecule has 8 nitrogen and oxygen atoms in total. The van der Waals surface area contributed by atoms with Gasteiger partial charge in [-0.05, 0) is 49.7 Å². The molecule has 0 spiro atoms. The van der Waals surface area contributed by atoms with Crippen LogP contribution in [0.15, 0.2) is 53.6 Å². The molecule has 2 aromatic heterocycles. The van der Waals surface area contributed by atoms with Gasteiger partial charge in [0.25, 0.3) is 0 Å². The number of sulfonamides is 1. The maximum atomic E-state index is 12.9. The summed E-state index contributed by atoms with van der Waals surface area (Å²) in [6.07, 6.45) is 1.84. The van der Waals surface area contributed by atoms with Crippen molar-refractivity contribution in [3.63, 3.8) is 0 Å². The van der Waals surface area contributed by atoms with Crippen molar-refractivity contribution in [1.29, 1.82) is 0 Å². The van der Waals surface area contributed by atoms with Crippen molar-refractivity contribution in [2.75, 3.05) is 31.1 Å². The molecule has 4 rings (SSSR count). The van der Waals surface area contributed by atoms with Crippen molar-refractivity contribution in [2.45, 2.75) is 18.7 Å². The van der Waals surface area contributed by atoms with Crippen molar-refractivity contribution in [3.05, 3.63) is 59.9 Å². The molecule has 1 fully saturated rings. The molecule has 9 heteroatoms. The first-order chi connectivity index (χ1) is 13.4. The van der Waals surface area contributed by atoms with Gasteiger partial charge in [0.05, 0.1) is 10.6 Å². The Labute approximate surface area is 164 Å². The second-order valence-corrected chi connectivity index (χ2v) is 8.80. The lowest BCUT2D eigenvalue weighted by Gasteiger charge is -2.34. The lowest BCUT2D eigenvalue weighted by molar-refractivity contribution is 0.383. The van der Waals surface area contributed by atoms with Gasteiger partial charge >= 0.3 is 0 Å². The molecule has 0 aliphatic carbocycles. The van der Waals surface area contributed by atoms with Crippen LogP contribution in [0.5, 0.6) is 0 Å². The molecule has 0 amide bonds. The summed E-state index contributed by atoms with van der Waals surface area (Å²) in [6.45, 7) is 5.78. The van der Waals surface area contributed by atoms with E-state index in [1.165, 1.54) is 4.31 Å². The van der Waals surface area contributed by atoms with Crippen molar-refractivity contribution in [1.82, 2.24) is 24.3 Å². The largest absolute Gasteiger partial charge is 0.352 e. The van der Waals surface area contributed by atoms with E-state index < -0.39 is 10.0 Å². The Kier molecular flexibility index (Phi) is 4.86. The topological polar surface area (TPSA) is 84.2 Å². The summed E-state index contributed by atoms with van der Waals surface area (Å²) < 4.78 is 28.9. The van der Waals surface area contributed by atoms with Gasteiger partial charge in [-0.25, -0.2) is 13.1 Å². The van der Waals surface area contributed by atoms with E-state index in [1.54, 1.807) is 22.9 Å². The standard InChI is InChI=1S/C19H22N6O2S/c1-15-4-3-5-17(14-15)28(26,27)24-12-10-23(11-13-24)18-6-7-19(21-20-18)25-9-8-16(2)22-25/h3-9,14H,10-13H2,1-2H3. The van der Waals surface area contributed by atoms with E-state index in [0.29, 0.717) is 36.9 Å². The number of hydrogen-bond donors (Lipinski definition) is 0. The third-order valence-corrected chi connectivity index (χ3v) is 6.68. The Morgan fingerprint density at radius 3 is 2.21 bits per heavy atom. The van der Waals surface area contributed by atoms with Gasteiger partial charge in [0.1, 0.15) is 0 Å². The van der Waals surface area contributed by atoms with Gasteiger partial charge < -0.3 is 4.90 Å². The van der Waals surface area contributed by atoms with Crippen LogP contribution in [0.4, 0.5) is 5.82 Å². The zero-order chi connectivity index (χ0) is 19.7. The second-order valence-electron chi connectivity index (χ2n) is 6.86. The number of anilines is 1. The second kappa shape index (κ2) is 7.33. The van der Waals surface area contributed by atoms with Crippen LogP contribution < -0.4 is 4.90 Å². The number of aryl methyl sites for hydroxylation is 2. The summed E-state index contributed by atoms with van der Waals surface area (Å²) >= 11 is 0. The summed E-state index contributed by atoms with van der Waals surface area (Å²) in [5.41, 5.74) is 1.85. The summed E-state index contributed by atoms with van der Waals surface area (Å²) in [5.74, 6) is 1.39. The van der Waals surface area contributed by atoms with E-state index in [2.05, 4.69) is 15.3 Å². The lowest BCUT2D eigenvalue weighted by Crippen LogP contribution is -2.49. The van der Waals surface area contributed by atoms with Crippen LogP contribution in [-0.4, -0.2) is 58.9 Å². The first-order valence-electron chi connectivity index (χ1n) is 9.12. The average molecular weight is 398 g/mol. The Morgan fingerprint density at radius 1 is 0.893 bits per heavy atom. The summed E-state index contributed by atoms with van der Waals surface area (Å²) in [6, 6.07) is 12.7. The predicted octanol–water partition coefficient (Wildman–Crippen LogP) is 1.79. The van der Waals surface area contributed by atoms with E-state index >= 15 is 0 Å². The minimum Gasteiger partial charge on any atom is -0.352 e. The average Bonchev–Trinajstić information content (AvgIpc) is 3.15. The van der Waals surface area contributed by atoms with Crippen LogP contribution >= 0.6 is 0 Å². The zero-order valence-electron chi connectivity index (χ0n) is 15.9. The molecule has 3 aromatic rings. The van der Waals surface area contributed by atoms with E-state index in [-0.39, 0.29) is 0 Å². The SMILES string of the molecule is Cc1cccc(S(=O)(=O)N2CCN(c3ccc(-n4ccc(C)n4)nn3)CC2)c1. The molecular formula is C19H22N6O2S. The van der Waals surface area contributed by atoms with Gasteiger partial charge in [-0.1, -0.05) is 12.1 Å². The van der Waals surface area contributed by atoms with E-state index in [1.807, 2.05) is 49.2 Å². The van der Waals surface area contributed by atoms with Crippen molar-refractivity contribution < 1.29 is 8.42 Å². The molecule has 0 bridgehead atoms. The number of nitrogens with zero attached hydrogens (tertiary/aromatic N) is 6. The highest BCUT2D eigenvalue weighted by Crippen LogP contribution is 2.21. The van der Waals surface area contributed by atoms with Crippen molar-refractivity contribution in [2.24, 2.45) is 0 Å². The van der Waals surface area contributed by atoms with Crippen LogP contribution in [0, 0.1) is 13.8 Å². The molecule has 0 radical (unpaired) electrons. The molecular weight excluding hydrogens is 376 g/mol. The lowest BCUT2D eigenvalue weighted by atomic mass is 10.2. The fourth-order valence-corrected chi connectivity index (χ4v) is 4.76. The molecule has 0 N–H and O–H groups in total. The Morgan fingerprint density at radius 2 is 1.61 bits per heavy atom. The molecule has 0 saturated carbocycles. The van der Waals surface area contributed by atoms with E-state index in [4.69, 9.17) is 0 Å². The quantitative estimate of drug-likeness (QED) is 0.666. The summed E-state index contributed by atoms with van der Waals surface area (Å²) in [7, 11) is -3.47. The highest BCUT2D eigenvalue weighted by Gasteiger charge is 2.29. The highest BCUT2D eigenvalue weighted by atomic mass is 32.2. The molecule has 0 atom stereocenters. The summed E-state index contributed by atoms with van der Waals surface area (Å²) in [4.78, 5) is 2.40. The fourth-order valence-electron chi connectivity index (χ4n) is 3.23. The minimum atomic E-state index is -3.47. The Balaban J connectivity index is 1.44. The van der Waals surface area contributed by atoms with Gasteiger partial charge in [-0.15, -0.1) is 10.2 Å². The van der Waals surface area contributed by atoms with Gasteiger partial charge in [0.2, 0.25) is 10.0 Å². The smallest absolute Gasteiger partial charge is 0.243 e. The molecule has 0 unspecified atom stereocenters. The van der Waals surface area contributed by atoms with Crippen LogP contribution in [0.2, 0.25) is 0 Å². The highest BCUT2D eigenvalue weighted by molar-refractivity contribution is 7.89. The molecule has 1 saturated heterocycles. The number of rotatable bonds is 4. The fraction of sp³-hybridized carbons (Fsp3) is 0.316. The van der Waals surface area contributed by atoms with Gasteiger partial charge in [-0.2, -0.15) is 9.40 Å². The number of benzene rings is 1. The number of piperazine rings is 1. The van der Waals surface area contributed by atoms with Crippen molar-refractivity contribution in [3.8, 4) is 5.82 Å². The Bertz CT molecular complexity index is 1070. The number of hydrogen-bond acceptors (Lipinski definition) is 6. The molecule has 1 aromatic carbocycles. The maximum absolute atomic E-state index is 12.9. The summed E-state index contributed by atoms with van der Waals surface area (Å²) in [5, 5.41) is 12.9. The molecule has 28 heavy (non-hydrogen) atoms. The van der Waals surface area contributed by atoms with Crippen LogP contribution in [0.1, 0.15) is 11.3 Å². The van der Waals surface area contributed by atoms with Crippen molar-refractivity contribution >= 4 is 15.8 Å². The maximum Gasteiger partial charge on any atom is 0.243 e. The molecule has 3 heterocycles. The van der Waals surface area contributed by atoms with Gasteiger partial charge in [0, 0.05) is 32.4 Å². The van der Waals surface area contributed by atoms with Gasteiger partial charge in [-0.3, -0.25) is 0 Å². The monoisotopic (exact) mass is 398 g/mol. The predicted molar refractivity (Wildman–Crippen MR) is 106 cm³/mol. The third kappa shape index (κ3) is 3.63. The van der Waals surface area contributed by atoms with Crippen LogP contribution in [-0.2, 0) is 10.0 Å². The van der Waals surface area contributed by atoms with Gasteiger partial charge in [0.15, 0.2) is 11.6 Å². The minimum absolute atomic E-state index is 0.347. The molecule has 146 valence electrons.